The van der Waals surface area contributed by atoms with Gasteiger partial charge in [-0.15, -0.1) is 0 Å². The summed E-state index contributed by atoms with van der Waals surface area (Å²) in [7, 11) is 0. The van der Waals surface area contributed by atoms with Crippen LogP contribution in [-0.4, -0.2) is 24.3 Å². The Morgan fingerprint density at radius 1 is 1.53 bits per heavy atom. The average molecular weight is 240 g/mol. The predicted molar refractivity (Wildman–Crippen MR) is 64.5 cm³/mol. The van der Waals surface area contributed by atoms with E-state index < -0.39 is 11.7 Å². The van der Waals surface area contributed by atoms with Gasteiger partial charge in [0.15, 0.2) is 0 Å². The van der Waals surface area contributed by atoms with Gasteiger partial charge in [-0.05, 0) is 45.1 Å². The fourth-order valence-electron chi connectivity index (χ4n) is 2.05. The summed E-state index contributed by atoms with van der Waals surface area (Å²) in [6.45, 7) is 5.94. The van der Waals surface area contributed by atoms with Gasteiger partial charge in [-0.2, -0.15) is 0 Å². The van der Waals surface area contributed by atoms with Crippen LogP contribution >= 0.6 is 0 Å². The van der Waals surface area contributed by atoms with Crippen LogP contribution in [0.3, 0.4) is 0 Å². The zero-order valence-corrected chi connectivity index (χ0v) is 10.6. The third-order valence-electron chi connectivity index (χ3n) is 2.74. The van der Waals surface area contributed by atoms with E-state index in [9.17, 15) is 4.79 Å². The minimum atomic E-state index is -0.483. The normalized spacial score (nSPS) is 23.9. The fourth-order valence-corrected chi connectivity index (χ4v) is 2.05. The smallest absolute Gasteiger partial charge is 0.407 e. The van der Waals surface area contributed by atoms with Gasteiger partial charge in [-0.25, -0.2) is 4.79 Å². The second-order valence-corrected chi connectivity index (χ2v) is 5.36. The van der Waals surface area contributed by atoms with Gasteiger partial charge in [0, 0.05) is 17.5 Å². The minimum absolute atomic E-state index is 0.0651. The topological polar surface area (TPSA) is 87.1 Å². The molecular weight excluding hydrogens is 220 g/mol. The Labute approximate surface area is 101 Å². The number of hydrogen-bond donors (Lipinski definition) is 1. The SMILES string of the molecule is CC(C)(C)OC(=O)N[C@@H]1CCC[C@H]1CN=[N+]=[N-]. The minimum Gasteiger partial charge on any atom is -0.444 e. The van der Waals surface area contributed by atoms with Crippen molar-refractivity contribution in [2.45, 2.75) is 51.7 Å². The number of hydrogen-bond acceptors (Lipinski definition) is 3. The van der Waals surface area contributed by atoms with Crippen LogP contribution in [-0.2, 0) is 4.74 Å². The number of nitrogens with zero attached hydrogens (tertiary/aromatic N) is 3. The van der Waals surface area contributed by atoms with Crippen molar-refractivity contribution in [3.8, 4) is 0 Å². The van der Waals surface area contributed by atoms with Crippen LogP contribution < -0.4 is 5.32 Å². The largest absolute Gasteiger partial charge is 0.444 e. The number of amides is 1. The molecule has 0 heterocycles. The number of nitrogens with one attached hydrogen (secondary N) is 1. The Balaban J connectivity index is 2.44. The highest BCUT2D eigenvalue weighted by Crippen LogP contribution is 2.26. The van der Waals surface area contributed by atoms with Crippen LogP contribution in [0.1, 0.15) is 40.0 Å². The highest BCUT2D eigenvalue weighted by Gasteiger charge is 2.29. The Kier molecular flexibility index (Phi) is 4.63. The number of ether oxygens (including phenoxy) is 1. The number of rotatable bonds is 3. The van der Waals surface area contributed by atoms with E-state index >= 15 is 0 Å². The zero-order valence-electron chi connectivity index (χ0n) is 10.6. The standard InChI is InChI=1S/C11H20N4O2/c1-11(2,3)17-10(16)14-9-6-4-5-8(9)7-13-15-12/h8-9H,4-7H2,1-3H3,(H,14,16)/t8-,9+/m0/s1. The van der Waals surface area contributed by atoms with E-state index in [1.807, 2.05) is 20.8 Å². The number of carbonyl (C=O) groups excluding carboxylic acids is 1. The molecule has 1 amide bonds. The summed E-state index contributed by atoms with van der Waals surface area (Å²) in [4.78, 5) is 14.4. The summed E-state index contributed by atoms with van der Waals surface area (Å²) in [6.07, 6.45) is 2.56. The van der Waals surface area contributed by atoms with Gasteiger partial charge in [-0.3, -0.25) is 0 Å². The van der Waals surface area contributed by atoms with Crippen LogP contribution in [0.25, 0.3) is 10.4 Å². The first-order valence-electron chi connectivity index (χ1n) is 5.93. The first kappa shape index (κ1) is 13.6. The monoisotopic (exact) mass is 240 g/mol. The lowest BCUT2D eigenvalue weighted by molar-refractivity contribution is 0.0494. The Hall–Kier alpha value is -1.42. The maximum absolute atomic E-state index is 11.6. The predicted octanol–water partition coefficient (Wildman–Crippen LogP) is 2.99. The molecule has 1 fully saturated rings. The lowest BCUT2D eigenvalue weighted by Crippen LogP contribution is -2.41. The third kappa shape index (κ3) is 4.95. The third-order valence-corrected chi connectivity index (χ3v) is 2.74. The van der Waals surface area contributed by atoms with Crippen molar-refractivity contribution in [1.82, 2.24) is 5.32 Å². The van der Waals surface area contributed by atoms with Crippen LogP contribution in [0.2, 0.25) is 0 Å². The summed E-state index contributed by atoms with van der Waals surface area (Å²) in [6, 6.07) is 0.0651. The molecule has 0 radical (unpaired) electrons. The van der Waals surface area contributed by atoms with Crippen LogP contribution in [0.4, 0.5) is 4.79 Å². The maximum atomic E-state index is 11.6. The summed E-state index contributed by atoms with van der Waals surface area (Å²) in [5.74, 6) is 0.235. The number of azide groups is 1. The van der Waals surface area contributed by atoms with Crippen molar-refractivity contribution < 1.29 is 9.53 Å². The van der Waals surface area contributed by atoms with E-state index in [1.54, 1.807) is 0 Å². The van der Waals surface area contributed by atoms with Gasteiger partial charge in [0.1, 0.15) is 5.60 Å². The molecule has 6 heteroatoms. The second kappa shape index (κ2) is 5.77. The van der Waals surface area contributed by atoms with Gasteiger partial charge in [-0.1, -0.05) is 11.5 Å². The van der Waals surface area contributed by atoms with E-state index in [4.69, 9.17) is 10.3 Å². The van der Waals surface area contributed by atoms with E-state index in [2.05, 4.69) is 15.3 Å². The molecule has 2 atom stereocenters. The molecule has 0 saturated heterocycles. The van der Waals surface area contributed by atoms with Crippen molar-refractivity contribution in [2.24, 2.45) is 11.0 Å². The number of alkyl carbamates (subject to hydrolysis) is 1. The first-order valence-corrected chi connectivity index (χ1v) is 5.93. The molecule has 1 rings (SSSR count). The first-order chi connectivity index (χ1) is 7.92. The van der Waals surface area contributed by atoms with Crippen molar-refractivity contribution in [1.29, 1.82) is 0 Å². The average Bonchev–Trinajstić information content (AvgIpc) is 2.59. The molecule has 1 saturated carbocycles. The van der Waals surface area contributed by atoms with Crippen LogP contribution in [0.15, 0.2) is 5.11 Å². The molecule has 0 aromatic carbocycles. The van der Waals surface area contributed by atoms with Gasteiger partial charge in [0.2, 0.25) is 0 Å². The highest BCUT2D eigenvalue weighted by atomic mass is 16.6. The molecule has 17 heavy (non-hydrogen) atoms. The van der Waals surface area contributed by atoms with Gasteiger partial charge in [0.25, 0.3) is 0 Å². The molecule has 96 valence electrons. The quantitative estimate of drug-likeness (QED) is 0.467. The molecule has 0 aromatic heterocycles. The van der Waals surface area contributed by atoms with Crippen molar-refractivity contribution in [2.75, 3.05) is 6.54 Å². The maximum Gasteiger partial charge on any atom is 0.407 e. The molecule has 0 spiro atoms. The van der Waals surface area contributed by atoms with Crippen molar-refractivity contribution in [3.63, 3.8) is 0 Å². The van der Waals surface area contributed by atoms with Gasteiger partial charge < -0.3 is 10.1 Å². The van der Waals surface area contributed by atoms with Crippen LogP contribution in [0, 0.1) is 5.92 Å². The van der Waals surface area contributed by atoms with Crippen molar-refractivity contribution >= 4 is 6.09 Å². The lowest BCUT2D eigenvalue weighted by Gasteiger charge is -2.24. The zero-order chi connectivity index (χ0) is 12.9. The second-order valence-electron chi connectivity index (χ2n) is 5.36. The summed E-state index contributed by atoms with van der Waals surface area (Å²) < 4.78 is 5.20. The molecule has 0 aliphatic heterocycles. The summed E-state index contributed by atoms with van der Waals surface area (Å²) in [5.41, 5.74) is 7.81. The summed E-state index contributed by atoms with van der Waals surface area (Å²) in [5, 5.41) is 6.42. The highest BCUT2D eigenvalue weighted by molar-refractivity contribution is 5.68. The Bertz CT molecular complexity index is 318. The lowest BCUT2D eigenvalue weighted by atomic mass is 10.0. The van der Waals surface area contributed by atoms with Gasteiger partial charge in [0.05, 0.1) is 0 Å². The molecule has 0 aromatic rings. The Morgan fingerprint density at radius 3 is 2.82 bits per heavy atom. The number of carbonyl (C=O) groups is 1. The molecule has 1 aliphatic rings. The van der Waals surface area contributed by atoms with E-state index in [-0.39, 0.29) is 12.0 Å². The molecular formula is C11H20N4O2. The molecule has 6 nitrogen and oxygen atoms in total. The van der Waals surface area contributed by atoms with E-state index in [1.165, 1.54) is 0 Å². The molecule has 1 aliphatic carbocycles. The summed E-state index contributed by atoms with van der Waals surface area (Å²) >= 11 is 0. The Morgan fingerprint density at radius 2 is 2.24 bits per heavy atom. The molecule has 0 bridgehead atoms. The van der Waals surface area contributed by atoms with E-state index in [0.29, 0.717) is 6.54 Å². The van der Waals surface area contributed by atoms with Crippen molar-refractivity contribution in [3.05, 3.63) is 10.4 Å². The van der Waals surface area contributed by atoms with Crippen LogP contribution in [0.5, 0.6) is 0 Å². The molecule has 0 unspecified atom stereocenters. The van der Waals surface area contributed by atoms with E-state index in [0.717, 1.165) is 19.3 Å². The fraction of sp³-hybridized carbons (Fsp3) is 0.909. The van der Waals surface area contributed by atoms with Gasteiger partial charge >= 0.3 is 6.09 Å². The molecule has 1 N–H and O–H groups in total.